The minimum atomic E-state index is 0.607. The molecule has 0 amide bonds. The molecule has 0 radical (unpaired) electrons. The van der Waals surface area contributed by atoms with Crippen molar-refractivity contribution in [2.75, 3.05) is 7.11 Å². The number of benzene rings is 1. The molecule has 0 unspecified atom stereocenters. The Hall–Kier alpha value is -0.800. The van der Waals surface area contributed by atoms with Gasteiger partial charge in [-0.2, -0.15) is 0 Å². The van der Waals surface area contributed by atoms with Crippen LogP contribution in [0.4, 0.5) is 0 Å². The number of aromatic nitrogens is 1. The number of halogens is 2. The first-order valence-corrected chi connectivity index (χ1v) is 5.59. The highest BCUT2D eigenvalue weighted by atomic mass is 79.9. The minimum Gasteiger partial charge on any atom is -0.497 e. The molecule has 0 saturated heterocycles. The van der Waals surface area contributed by atoms with Crippen molar-refractivity contribution in [2.24, 2.45) is 0 Å². The number of ether oxygens (including phenoxy) is 1. The van der Waals surface area contributed by atoms with Crippen LogP contribution in [0.3, 0.4) is 0 Å². The number of hydrogen-bond acceptors (Lipinski definition) is 2. The van der Waals surface area contributed by atoms with Crippen molar-refractivity contribution in [1.82, 2.24) is 4.98 Å². The van der Waals surface area contributed by atoms with Crippen molar-refractivity contribution in [3.05, 3.63) is 33.4 Å². The molecular weight excluding hydrogens is 277 g/mol. The highest BCUT2D eigenvalue weighted by molar-refractivity contribution is 9.10. The van der Waals surface area contributed by atoms with Crippen LogP contribution in [0.5, 0.6) is 5.75 Å². The number of rotatable bonds is 1. The fraction of sp³-hybridized carbons (Fsp3) is 0.182. The van der Waals surface area contributed by atoms with Gasteiger partial charge in [0.1, 0.15) is 5.75 Å². The zero-order chi connectivity index (χ0) is 11.0. The molecule has 0 atom stereocenters. The molecule has 0 aliphatic heterocycles. The van der Waals surface area contributed by atoms with E-state index in [2.05, 4.69) is 20.9 Å². The highest BCUT2D eigenvalue weighted by Crippen LogP contribution is 2.33. The van der Waals surface area contributed by atoms with Gasteiger partial charge in [0.25, 0.3) is 0 Å². The Morgan fingerprint density at radius 3 is 2.80 bits per heavy atom. The Balaban J connectivity index is 2.86. The lowest BCUT2D eigenvalue weighted by Crippen LogP contribution is -1.89. The van der Waals surface area contributed by atoms with Crippen molar-refractivity contribution in [2.45, 2.75) is 6.92 Å². The van der Waals surface area contributed by atoms with Crippen LogP contribution in [0.15, 0.2) is 22.8 Å². The van der Waals surface area contributed by atoms with Gasteiger partial charge in [-0.1, -0.05) is 11.6 Å². The average Bonchev–Trinajstić information content (AvgIpc) is 2.23. The molecule has 1 heterocycles. The lowest BCUT2D eigenvalue weighted by Gasteiger charge is -2.07. The van der Waals surface area contributed by atoms with E-state index >= 15 is 0 Å². The normalized spacial score (nSPS) is 10.7. The maximum absolute atomic E-state index is 5.99. The lowest BCUT2D eigenvalue weighted by atomic mass is 10.1. The van der Waals surface area contributed by atoms with E-state index in [0.29, 0.717) is 5.02 Å². The Bertz CT molecular complexity index is 527. The van der Waals surface area contributed by atoms with E-state index in [4.69, 9.17) is 16.3 Å². The maximum Gasteiger partial charge on any atom is 0.119 e. The predicted octanol–water partition coefficient (Wildman–Crippen LogP) is 3.97. The zero-order valence-corrected chi connectivity index (χ0v) is 10.7. The van der Waals surface area contributed by atoms with Gasteiger partial charge in [-0.15, -0.1) is 0 Å². The average molecular weight is 287 g/mol. The first-order valence-electron chi connectivity index (χ1n) is 4.42. The van der Waals surface area contributed by atoms with Crippen molar-refractivity contribution in [3.63, 3.8) is 0 Å². The number of aryl methyl sites for hydroxylation is 1. The fourth-order valence-corrected chi connectivity index (χ4v) is 2.06. The third-order valence-electron chi connectivity index (χ3n) is 2.26. The van der Waals surface area contributed by atoms with Gasteiger partial charge in [-0.3, -0.25) is 4.98 Å². The summed E-state index contributed by atoms with van der Waals surface area (Å²) in [6.45, 7) is 2.00. The molecule has 0 fully saturated rings. The van der Waals surface area contributed by atoms with E-state index in [-0.39, 0.29) is 0 Å². The summed E-state index contributed by atoms with van der Waals surface area (Å²) >= 11 is 9.44. The van der Waals surface area contributed by atoms with Crippen molar-refractivity contribution in [1.29, 1.82) is 0 Å². The van der Waals surface area contributed by atoms with Gasteiger partial charge in [0.2, 0.25) is 0 Å². The van der Waals surface area contributed by atoms with E-state index in [9.17, 15) is 0 Å². The summed E-state index contributed by atoms with van der Waals surface area (Å²) in [7, 11) is 1.65. The van der Waals surface area contributed by atoms with Gasteiger partial charge in [0.05, 0.1) is 17.6 Å². The van der Waals surface area contributed by atoms with E-state index in [1.54, 1.807) is 13.3 Å². The molecule has 0 spiro atoms. The van der Waals surface area contributed by atoms with Crippen LogP contribution in [-0.2, 0) is 0 Å². The maximum atomic E-state index is 5.99. The molecule has 0 aliphatic rings. The second kappa shape index (κ2) is 3.99. The molecule has 1 aromatic heterocycles. The molecule has 2 aromatic rings. The topological polar surface area (TPSA) is 22.1 Å². The summed E-state index contributed by atoms with van der Waals surface area (Å²) in [5.74, 6) is 0.810. The van der Waals surface area contributed by atoms with Crippen molar-refractivity contribution in [3.8, 4) is 5.75 Å². The van der Waals surface area contributed by atoms with Gasteiger partial charge in [0.15, 0.2) is 0 Å². The summed E-state index contributed by atoms with van der Waals surface area (Å²) in [4.78, 5) is 4.30. The number of methoxy groups -OCH3 is 1. The molecular formula is C11H9BrClNO. The first kappa shape index (κ1) is 10.7. The van der Waals surface area contributed by atoms with Gasteiger partial charge < -0.3 is 4.74 Å². The summed E-state index contributed by atoms with van der Waals surface area (Å²) in [6, 6.07) is 3.88. The lowest BCUT2D eigenvalue weighted by molar-refractivity contribution is 0.415. The summed E-state index contributed by atoms with van der Waals surface area (Å²) in [5.41, 5.74) is 2.01. The molecule has 4 heteroatoms. The summed E-state index contributed by atoms with van der Waals surface area (Å²) < 4.78 is 6.06. The zero-order valence-electron chi connectivity index (χ0n) is 8.34. The second-order valence-corrected chi connectivity index (χ2v) is 4.46. The molecule has 1 aromatic carbocycles. The Morgan fingerprint density at radius 2 is 2.13 bits per heavy atom. The van der Waals surface area contributed by atoms with Gasteiger partial charge in [-0.05, 0) is 40.5 Å². The van der Waals surface area contributed by atoms with Gasteiger partial charge in [-0.25, -0.2) is 0 Å². The largest absolute Gasteiger partial charge is 0.497 e. The van der Waals surface area contributed by atoms with Gasteiger partial charge >= 0.3 is 0 Å². The second-order valence-electron chi connectivity index (χ2n) is 3.26. The van der Waals surface area contributed by atoms with Gasteiger partial charge in [0, 0.05) is 16.1 Å². The van der Waals surface area contributed by atoms with Crippen LogP contribution >= 0.6 is 27.5 Å². The fourth-order valence-electron chi connectivity index (χ4n) is 1.51. The first-order chi connectivity index (χ1) is 7.13. The third-order valence-corrected chi connectivity index (χ3v) is 3.63. The Kier molecular flexibility index (Phi) is 2.85. The van der Waals surface area contributed by atoms with Crippen LogP contribution in [0, 0.1) is 6.92 Å². The van der Waals surface area contributed by atoms with E-state index in [1.807, 2.05) is 19.1 Å². The van der Waals surface area contributed by atoms with Crippen LogP contribution in [0.1, 0.15) is 5.56 Å². The van der Waals surface area contributed by atoms with E-state index in [1.165, 1.54) is 0 Å². The number of hydrogen-bond donors (Lipinski definition) is 0. The molecule has 0 saturated carbocycles. The van der Waals surface area contributed by atoms with Crippen LogP contribution in [0.2, 0.25) is 5.02 Å². The molecule has 2 rings (SSSR count). The quantitative estimate of drug-likeness (QED) is 0.791. The molecule has 78 valence electrons. The van der Waals surface area contributed by atoms with Crippen LogP contribution < -0.4 is 4.74 Å². The Labute approximate surface area is 101 Å². The van der Waals surface area contributed by atoms with Crippen molar-refractivity contribution >= 4 is 38.4 Å². The molecule has 15 heavy (non-hydrogen) atoms. The molecule has 0 bridgehead atoms. The predicted molar refractivity (Wildman–Crippen MR) is 65.7 cm³/mol. The SMILES string of the molecule is COc1cc(C)c2ncc(Cl)c(Br)c2c1. The third kappa shape index (κ3) is 1.82. The number of nitrogens with zero attached hydrogens (tertiary/aromatic N) is 1. The standard InChI is InChI=1S/C11H9BrClNO/c1-6-3-7(15-2)4-8-10(12)9(13)5-14-11(6)8/h3-5H,1-2H3. The Morgan fingerprint density at radius 1 is 1.40 bits per heavy atom. The summed E-state index contributed by atoms with van der Waals surface area (Å²) in [6.07, 6.45) is 1.65. The smallest absolute Gasteiger partial charge is 0.119 e. The molecule has 0 aliphatic carbocycles. The monoisotopic (exact) mass is 285 g/mol. The minimum absolute atomic E-state index is 0.607. The highest BCUT2D eigenvalue weighted by Gasteiger charge is 2.08. The molecule has 2 nitrogen and oxygen atoms in total. The van der Waals surface area contributed by atoms with Crippen LogP contribution in [0.25, 0.3) is 10.9 Å². The number of fused-ring (bicyclic) bond motifs is 1. The van der Waals surface area contributed by atoms with E-state index in [0.717, 1.165) is 26.7 Å². The van der Waals surface area contributed by atoms with E-state index < -0.39 is 0 Å². The number of pyridine rings is 1. The van der Waals surface area contributed by atoms with Crippen molar-refractivity contribution < 1.29 is 4.74 Å². The molecule has 0 N–H and O–H groups in total. The van der Waals surface area contributed by atoms with Crippen LogP contribution in [-0.4, -0.2) is 12.1 Å². The summed E-state index contributed by atoms with van der Waals surface area (Å²) in [5, 5.41) is 1.58.